The highest BCUT2D eigenvalue weighted by atomic mass is 16.2. The number of carbonyl (C=O) groups excluding carboxylic acids is 1. The molecule has 1 aromatic carbocycles. The standard InChI is InChI=1S/C14H17N3O2/c1-3-10(2)16-13(18)9-17-12-7-5-4-6-11(12)15-8-14(17)19/h4-8,10H,3,9H2,1-2H3,(H,16,18)/t10-/m1/s1. The highest BCUT2D eigenvalue weighted by molar-refractivity contribution is 5.80. The fourth-order valence-corrected chi connectivity index (χ4v) is 1.84. The van der Waals surface area contributed by atoms with Gasteiger partial charge in [0.05, 0.1) is 17.2 Å². The molecule has 1 heterocycles. The minimum absolute atomic E-state index is 0.0200. The molecule has 0 unspecified atom stereocenters. The lowest BCUT2D eigenvalue weighted by Crippen LogP contribution is -2.37. The van der Waals surface area contributed by atoms with Crippen LogP contribution < -0.4 is 10.9 Å². The molecule has 0 saturated carbocycles. The van der Waals surface area contributed by atoms with E-state index in [1.54, 1.807) is 6.07 Å². The molecule has 5 nitrogen and oxygen atoms in total. The van der Waals surface area contributed by atoms with E-state index >= 15 is 0 Å². The second-order valence-electron chi connectivity index (χ2n) is 4.55. The molecule has 0 fully saturated rings. The normalized spacial score (nSPS) is 12.3. The van der Waals surface area contributed by atoms with E-state index in [2.05, 4.69) is 10.3 Å². The van der Waals surface area contributed by atoms with E-state index in [9.17, 15) is 9.59 Å². The molecule has 2 aromatic rings. The zero-order chi connectivity index (χ0) is 13.8. The average Bonchev–Trinajstić information content (AvgIpc) is 2.42. The lowest BCUT2D eigenvalue weighted by molar-refractivity contribution is -0.122. The van der Waals surface area contributed by atoms with Gasteiger partial charge in [-0.15, -0.1) is 0 Å². The molecule has 0 aliphatic rings. The number of hydrogen-bond donors (Lipinski definition) is 1. The van der Waals surface area contributed by atoms with Gasteiger partial charge in [0.1, 0.15) is 6.54 Å². The van der Waals surface area contributed by atoms with Crippen molar-refractivity contribution in [1.29, 1.82) is 0 Å². The van der Waals surface area contributed by atoms with Crippen LogP contribution in [0.3, 0.4) is 0 Å². The molecule has 0 aliphatic heterocycles. The summed E-state index contributed by atoms with van der Waals surface area (Å²) < 4.78 is 1.44. The first-order chi connectivity index (χ1) is 9.11. The second-order valence-corrected chi connectivity index (χ2v) is 4.55. The van der Waals surface area contributed by atoms with Crippen LogP contribution in [0.5, 0.6) is 0 Å². The van der Waals surface area contributed by atoms with Crippen molar-refractivity contribution in [2.45, 2.75) is 32.9 Å². The Hall–Kier alpha value is -2.17. The highest BCUT2D eigenvalue weighted by Gasteiger charge is 2.10. The van der Waals surface area contributed by atoms with Crippen molar-refractivity contribution >= 4 is 16.9 Å². The molecule has 0 spiro atoms. The van der Waals surface area contributed by atoms with Gasteiger partial charge in [0.2, 0.25) is 5.91 Å². The van der Waals surface area contributed by atoms with Gasteiger partial charge in [-0.05, 0) is 25.5 Å². The summed E-state index contributed by atoms with van der Waals surface area (Å²) in [6.07, 6.45) is 2.11. The molecular weight excluding hydrogens is 242 g/mol. The van der Waals surface area contributed by atoms with Crippen molar-refractivity contribution in [2.24, 2.45) is 0 Å². The number of nitrogens with one attached hydrogen (secondary N) is 1. The van der Waals surface area contributed by atoms with Crippen molar-refractivity contribution in [2.75, 3.05) is 0 Å². The monoisotopic (exact) mass is 259 g/mol. The summed E-state index contributed by atoms with van der Waals surface area (Å²) in [7, 11) is 0. The zero-order valence-electron chi connectivity index (χ0n) is 11.1. The predicted molar refractivity (Wildman–Crippen MR) is 73.9 cm³/mol. The van der Waals surface area contributed by atoms with E-state index in [0.717, 1.165) is 6.42 Å². The molecule has 19 heavy (non-hydrogen) atoms. The van der Waals surface area contributed by atoms with E-state index < -0.39 is 0 Å². The van der Waals surface area contributed by atoms with Crippen molar-refractivity contribution < 1.29 is 4.79 Å². The fourth-order valence-electron chi connectivity index (χ4n) is 1.84. The molecule has 0 radical (unpaired) electrons. The first-order valence-corrected chi connectivity index (χ1v) is 6.35. The van der Waals surface area contributed by atoms with Crippen molar-refractivity contribution in [3.63, 3.8) is 0 Å². The molecule has 0 bridgehead atoms. The molecule has 1 atom stereocenters. The van der Waals surface area contributed by atoms with Gasteiger partial charge in [-0.2, -0.15) is 0 Å². The number of hydrogen-bond acceptors (Lipinski definition) is 3. The van der Waals surface area contributed by atoms with E-state index in [1.807, 2.05) is 32.0 Å². The largest absolute Gasteiger partial charge is 0.352 e. The third-order valence-corrected chi connectivity index (χ3v) is 3.07. The van der Waals surface area contributed by atoms with Crippen LogP contribution in [0.2, 0.25) is 0 Å². The quantitative estimate of drug-likeness (QED) is 0.900. The summed E-state index contributed by atoms with van der Waals surface area (Å²) in [6, 6.07) is 7.39. The van der Waals surface area contributed by atoms with E-state index in [-0.39, 0.29) is 24.1 Å². The van der Waals surface area contributed by atoms with E-state index in [1.165, 1.54) is 10.8 Å². The third-order valence-electron chi connectivity index (χ3n) is 3.07. The fraction of sp³-hybridized carbons (Fsp3) is 0.357. The highest BCUT2D eigenvalue weighted by Crippen LogP contribution is 2.07. The summed E-state index contributed by atoms with van der Waals surface area (Å²) in [5.41, 5.74) is 1.12. The van der Waals surface area contributed by atoms with Crippen LogP contribution >= 0.6 is 0 Å². The van der Waals surface area contributed by atoms with Crippen molar-refractivity contribution in [3.05, 3.63) is 40.8 Å². The first-order valence-electron chi connectivity index (χ1n) is 6.35. The minimum Gasteiger partial charge on any atom is -0.352 e. The van der Waals surface area contributed by atoms with Crippen LogP contribution in [0.4, 0.5) is 0 Å². The number of fused-ring (bicyclic) bond motifs is 1. The smallest absolute Gasteiger partial charge is 0.269 e. The van der Waals surface area contributed by atoms with Crippen molar-refractivity contribution in [3.8, 4) is 0 Å². The van der Waals surface area contributed by atoms with Crippen LogP contribution in [-0.4, -0.2) is 21.5 Å². The number of rotatable bonds is 4. The second kappa shape index (κ2) is 5.65. The Morgan fingerprint density at radius 2 is 2.16 bits per heavy atom. The molecule has 5 heteroatoms. The Labute approximate surface area is 111 Å². The van der Waals surface area contributed by atoms with Gasteiger partial charge in [0, 0.05) is 6.04 Å². The topological polar surface area (TPSA) is 64.0 Å². The summed E-state index contributed by atoms with van der Waals surface area (Å²) in [5.74, 6) is -0.159. The molecule has 0 aliphatic carbocycles. The van der Waals surface area contributed by atoms with E-state index in [0.29, 0.717) is 11.0 Å². The summed E-state index contributed by atoms with van der Waals surface area (Å²) >= 11 is 0. The van der Waals surface area contributed by atoms with Crippen LogP contribution in [0.15, 0.2) is 35.3 Å². The third kappa shape index (κ3) is 2.99. The summed E-state index contributed by atoms with van der Waals surface area (Å²) in [4.78, 5) is 27.8. The lowest BCUT2D eigenvalue weighted by Gasteiger charge is -2.13. The van der Waals surface area contributed by atoms with Crippen LogP contribution in [0, 0.1) is 0 Å². The van der Waals surface area contributed by atoms with Gasteiger partial charge in [-0.25, -0.2) is 4.98 Å². The lowest BCUT2D eigenvalue weighted by atomic mass is 10.2. The predicted octanol–water partition coefficient (Wildman–Crippen LogP) is 1.31. The number of amides is 1. The molecular formula is C14H17N3O2. The minimum atomic E-state index is -0.266. The van der Waals surface area contributed by atoms with E-state index in [4.69, 9.17) is 0 Å². The average molecular weight is 259 g/mol. The maximum atomic E-state index is 11.9. The van der Waals surface area contributed by atoms with Gasteiger partial charge in [0.15, 0.2) is 0 Å². The van der Waals surface area contributed by atoms with Crippen LogP contribution in [0.25, 0.3) is 11.0 Å². The van der Waals surface area contributed by atoms with Gasteiger partial charge < -0.3 is 5.32 Å². The van der Waals surface area contributed by atoms with Gasteiger partial charge in [0.25, 0.3) is 5.56 Å². The zero-order valence-corrected chi connectivity index (χ0v) is 11.1. The maximum absolute atomic E-state index is 11.9. The molecule has 1 amide bonds. The number of nitrogens with zero attached hydrogens (tertiary/aromatic N) is 2. The Kier molecular flexibility index (Phi) is 3.94. The summed E-state index contributed by atoms with van der Waals surface area (Å²) in [5, 5.41) is 2.85. The van der Waals surface area contributed by atoms with Crippen LogP contribution in [-0.2, 0) is 11.3 Å². The number of carbonyl (C=O) groups is 1. The Balaban J connectivity index is 2.32. The Morgan fingerprint density at radius 1 is 1.42 bits per heavy atom. The SMILES string of the molecule is CC[C@@H](C)NC(=O)Cn1c(=O)cnc2ccccc21. The molecule has 100 valence electrons. The van der Waals surface area contributed by atoms with Gasteiger partial charge >= 0.3 is 0 Å². The molecule has 2 rings (SSSR count). The first kappa shape index (κ1) is 13.3. The number of aromatic nitrogens is 2. The molecule has 1 N–H and O–H groups in total. The Morgan fingerprint density at radius 3 is 2.89 bits per heavy atom. The maximum Gasteiger partial charge on any atom is 0.269 e. The molecule has 0 saturated heterocycles. The molecule has 1 aromatic heterocycles. The van der Waals surface area contributed by atoms with Crippen molar-refractivity contribution in [1.82, 2.24) is 14.9 Å². The number of para-hydroxylation sites is 2. The number of benzene rings is 1. The van der Waals surface area contributed by atoms with Gasteiger partial charge in [-0.1, -0.05) is 19.1 Å². The van der Waals surface area contributed by atoms with Gasteiger partial charge in [-0.3, -0.25) is 14.2 Å². The summed E-state index contributed by atoms with van der Waals surface area (Å²) in [6.45, 7) is 3.95. The van der Waals surface area contributed by atoms with Crippen LogP contribution in [0.1, 0.15) is 20.3 Å². The Bertz CT molecular complexity index is 648.